The van der Waals surface area contributed by atoms with Gasteiger partial charge in [-0.2, -0.15) is 0 Å². The van der Waals surface area contributed by atoms with E-state index in [1.54, 1.807) is 12.1 Å². The van der Waals surface area contributed by atoms with Crippen LogP contribution in [0.25, 0.3) is 0 Å². The van der Waals surface area contributed by atoms with Crippen LogP contribution in [0.1, 0.15) is 12.0 Å². The molecule has 0 unspecified atom stereocenters. The van der Waals surface area contributed by atoms with Crippen molar-refractivity contribution >= 4 is 21.6 Å². The van der Waals surface area contributed by atoms with Crippen molar-refractivity contribution in [2.24, 2.45) is 0 Å². The number of carbonyl (C=O) groups excluding carboxylic acids is 1. The lowest BCUT2D eigenvalue weighted by Crippen LogP contribution is -3.14. The van der Waals surface area contributed by atoms with E-state index in [-0.39, 0.29) is 12.5 Å². The molecule has 25 heavy (non-hydrogen) atoms. The summed E-state index contributed by atoms with van der Waals surface area (Å²) < 4.78 is 30.6. The topological polar surface area (TPSA) is 80.2 Å². The second-order valence-corrected chi connectivity index (χ2v) is 8.28. The van der Waals surface area contributed by atoms with Gasteiger partial charge >= 0.3 is 0 Å². The van der Waals surface area contributed by atoms with E-state index in [1.165, 1.54) is 4.90 Å². The highest BCUT2D eigenvalue weighted by molar-refractivity contribution is 7.92. The first-order valence-electron chi connectivity index (χ1n) is 8.59. The van der Waals surface area contributed by atoms with E-state index in [0.29, 0.717) is 12.2 Å². The fraction of sp³-hybridized carbons (Fsp3) is 0.588. The highest BCUT2D eigenvalue weighted by atomic mass is 32.2. The number of rotatable bonds is 8. The van der Waals surface area contributed by atoms with Gasteiger partial charge in [0.15, 0.2) is 0 Å². The predicted octanol–water partition coefficient (Wildman–Crippen LogP) is -0.818. The number of nitrogens with one attached hydrogen (secondary N) is 2. The van der Waals surface area contributed by atoms with Crippen molar-refractivity contribution in [3.05, 3.63) is 29.8 Å². The SMILES string of the molecule is Cc1ccccc1N(CC(=O)NCCC[NH+]1CCOCC1)S(C)(=O)=O. The van der Waals surface area contributed by atoms with Gasteiger partial charge in [0.1, 0.15) is 19.6 Å². The number of benzene rings is 1. The number of carbonyl (C=O) groups is 1. The molecule has 140 valence electrons. The van der Waals surface area contributed by atoms with Gasteiger partial charge in [-0.05, 0) is 18.6 Å². The summed E-state index contributed by atoms with van der Waals surface area (Å²) in [6.45, 7) is 6.76. The van der Waals surface area contributed by atoms with Crippen molar-refractivity contribution in [2.75, 3.05) is 56.5 Å². The third-order valence-electron chi connectivity index (χ3n) is 4.30. The first-order valence-corrected chi connectivity index (χ1v) is 10.4. The molecule has 2 rings (SSSR count). The maximum Gasteiger partial charge on any atom is 0.240 e. The molecule has 1 saturated heterocycles. The fourth-order valence-electron chi connectivity index (χ4n) is 2.89. The van der Waals surface area contributed by atoms with Gasteiger partial charge in [0.25, 0.3) is 0 Å². The lowest BCUT2D eigenvalue weighted by atomic mass is 10.2. The quantitative estimate of drug-likeness (QED) is 0.586. The number of hydrogen-bond acceptors (Lipinski definition) is 4. The third kappa shape index (κ3) is 6.30. The van der Waals surface area contributed by atoms with E-state index in [4.69, 9.17) is 4.74 Å². The maximum atomic E-state index is 12.2. The minimum Gasteiger partial charge on any atom is -0.370 e. The van der Waals surface area contributed by atoms with Gasteiger partial charge < -0.3 is 15.0 Å². The Morgan fingerprint density at radius 1 is 1.28 bits per heavy atom. The Kier molecular flexibility index (Phi) is 7.22. The molecule has 1 heterocycles. The summed E-state index contributed by atoms with van der Waals surface area (Å²) in [5.41, 5.74) is 1.36. The van der Waals surface area contributed by atoms with Crippen LogP contribution in [0.3, 0.4) is 0 Å². The molecule has 1 fully saturated rings. The summed E-state index contributed by atoms with van der Waals surface area (Å²) in [4.78, 5) is 13.7. The van der Waals surface area contributed by atoms with Crippen LogP contribution in [0.4, 0.5) is 5.69 Å². The molecular formula is C17H28N3O4S+. The smallest absolute Gasteiger partial charge is 0.240 e. The van der Waals surface area contributed by atoms with E-state index in [1.807, 2.05) is 19.1 Å². The Balaban J connectivity index is 1.84. The molecule has 1 amide bonds. The van der Waals surface area contributed by atoms with Crippen LogP contribution < -0.4 is 14.5 Å². The highest BCUT2D eigenvalue weighted by Crippen LogP contribution is 2.21. The lowest BCUT2D eigenvalue weighted by molar-refractivity contribution is -0.908. The van der Waals surface area contributed by atoms with E-state index < -0.39 is 10.0 Å². The van der Waals surface area contributed by atoms with Gasteiger partial charge in [0, 0.05) is 13.0 Å². The Morgan fingerprint density at radius 2 is 1.96 bits per heavy atom. The van der Waals surface area contributed by atoms with Crippen LogP contribution in [0, 0.1) is 6.92 Å². The Hall–Kier alpha value is -1.64. The molecule has 2 N–H and O–H groups in total. The van der Waals surface area contributed by atoms with Crippen molar-refractivity contribution in [2.45, 2.75) is 13.3 Å². The number of amides is 1. The number of aryl methyl sites for hydroxylation is 1. The van der Waals surface area contributed by atoms with Gasteiger partial charge in [0.05, 0.1) is 31.7 Å². The summed E-state index contributed by atoms with van der Waals surface area (Å²) in [5.74, 6) is -0.286. The van der Waals surface area contributed by atoms with E-state index in [0.717, 1.165) is 55.4 Å². The van der Waals surface area contributed by atoms with Gasteiger partial charge in [-0.1, -0.05) is 18.2 Å². The van der Waals surface area contributed by atoms with Gasteiger partial charge in [0.2, 0.25) is 15.9 Å². The predicted molar refractivity (Wildman–Crippen MR) is 97.4 cm³/mol. The number of ether oxygens (including phenoxy) is 1. The summed E-state index contributed by atoms with van der Waals surface area (Å²) in [6.07, 6.45) is 1.98. The minimum atomic E-state index is -3.53. The molecule has 0 aromatic heterocycles. The number of anilines is 1. The average molecular weight is 370 g/mol. The van der Waals surface area contributed by atoms with Gasteiger partial charge in [-0.25, -0.2) is 8.42 Å². The minimum absolute atomic E-state index is 0.200. The molecule has 0 atom stereocenters. The molecular weight excluding hydrogens is 342 g/mol. The zero-order chi connectivity index (χ0) is 18.3. The van der Waals surface area contributed by atoms with Crippen molar-refractivity contribution in [1.29, 1.82) is 0 Å². The number of para-hydroxylation sites is 1. The van der Waals surface area contributed by atoms with Gasteiger partial charge in [-0.15, -0.1) is 0 Å². The van der Waals surface area contributed by atoms with E-state index in [2.05, 4.69) is 5.32 Å². The Labute approximate surface area is 150 Å². The standard InChI is InChI=1S/C17H27N3O4S/c1-15-6-3-4-7-16(15)20(25(2,22)23)14-17(21)18-8-5-9-19-10-12-24-13-11-19/h3-4,6-7H,5,8-14H2,1-2H3,(H,18,21)/p+1. The second-order valence-electron chi connectivity index (χ2n) is 6.37. The molecule has 1 aromatic rings. The monoisotopic (exact) mass is 370 g/mol. The number of morpholine rings is 1. The summed E-state index contributed by atoms with van der Waals surface area (Å²) >= 11 is 0. The molecule has 0 aliphatic carbocycles. The van der Waals surface area contributed by atoms with Crippen LogP contribution in [-0.4, -0.2) is 66.5 Å². The third-order valence-corrected chi connectivity index (χ3v) is 5.43. The Morgan fingerprint density at radius 3 is 2.60 bits per heavy atom. The molecule has 0 spiro atoms. The van der Waals surface area contributed by atoms with Crippen molar-refractivity contribution in [1.82, 2.24) is 5.32 Å². The number of quaternary nitrogens is 1. The zero-order valence-corrected chi connectivity index (χ0v) is 15.8. The average Bonchev–Trinajstić information content (AvgIpc) is 2.57. The number of hydrogen-bond donors (Lipinski definition) is 2. The van der Waals surface area contributed by atoms with Crippen LogP contribution in [-0.2, 0) is 19.6 Å². The van der Waals surface area contributed by atoms with Crippen molar-refractivity contribution < 1.29 is 22.8 Å². The summed E-state index contributed by atoms with van der Waals surface area (Å²) in [6, 6.07) is 7.15. The molecule has 7 nitrogen and oxygen atoms in total. The molecule has 0 radical (unpaired) electrons. The lowest BCUT2D eigenvalue weighted by Gasteiger charge is -2.24. The van der Waals surface area contributed by atoms with Crippen LogP contribution in [0.15, 0.2) is 24.3 Å². The first kappa shape index (κ1) is 19.7. The van der Waals surface area contributed by atoms with Crippen LogP contribution in [0.2, 0.25) is 0 Å². The van der Waals surface area contributed by atoms with Crippen molar-refractivity contribution in [3.63, 3.8) is 0 Å². The summed E-state index contributed by atoms with van der Waals surface area (Å²) in [5, 5.41) is 2.82. The van der Waals surface area contributed by atoms with E-state index in [9.17, 15) is 13.2 Å². The maximum absolute atomic E-state index is 12.2. The molecule has 8 heteroatoms. The molecule has 0 bridgehead atoms. The van der Waals surface area contributed by atoms with E-state index >= 15 is 0 Å². The fourth-order valence-corrected chi connectivity index (χ4v) is 3.80. The largest absolute Gasteiger partial charge is 0.370 e. The molecule has 0 saturated carbocycles. The van der Waals surface area contributed by atoms with Crippen LogP contribution >= 0.6 is 0 Å². The zero-order valence-electron chi connectivity index (χ0n) is 15.0. The molecule has 1 aliphatic rings. The first-order chi connectivity index (χ1) is 11.9. The molecule has 1 aromatic carbocycles. The number of nitrogens with zero attached hydrogens (tertiary/aromatic N) is 1. The normalized spacial score (nSPS) is 15.8. The Bertz CT molecular complexity index is 672. The molecule has 1 aliphatic heterocycles. The van der Waals surface area contributed by atoms with Crippen LogP contribution in [0.5, 0.6) is 0 Å². The van der Waals surface area contributed by atoms with Gasteiger partial charge in [-0.3, -0.25) is 9.10 Å². The van der Waals surface area contributed by atoms with Crippen molar-refractivity contribution in [3.8, 4) is 0 Å². The highest BCUT2D eigenvalue weighted by Gasteiger charge is 2.22. The summed E-state index contributed by atoms with van der Waals surface area (Å²) in [7, 11) is -3.53. The second kappa shape index (κ2) is 9.17. The number of sulfonamides is 1.